The first-order valence-electron chi connectivity index (χ1n) is 9.67. The Labute approximate surface area is 180 Å². The third-order valence-electron chi connectivity index (χ3n) is 4.42. The van der Waals surface area contributed by atoms with Gasteiger partial charge in [0.2, 0.25) is 0 Å². The lowest BCUT2D eigenvalue weighted by molar-refractivity contribution is -0.145. The Morgan fingerprint density at radius 3 is 2.53 bits per heavy atom. The molecule has 0 aliphatic rings. The average molecular weight is 428 g/mol. The van der Waals surface area contributed by atoms with Crippen LogP contribution in [0.3, 0.4) is 0 Å². The Bertz CT molecular complexity index is 968. The molecule has 3 aromatic rings. The van der Waals surface area contributed by atoms with Gasteiger partial charge in [0.25, 0.3) is 0 Å². The van der Waals surface area contributed by atoms with E-state index in [9.17, 15) is 4.79 Å². The average Bonchev–Trinajstić information content (AvgIpc) is 3.26. The molecule has 0 aliphatic carbocycles. The van der Waals surface area contributed by atoms with Gasteiger partial charge < -0.3 is 18.9 Å². The predicted octanol–water partition coefficient (Wildman–Crippen LogP) is 4.90. The van der Waals surface area contributed by atoms with Crippen molar-refractivity contribution in [2.45, 2.75) is 26.4 Å². The normalized spacial score (nSPS) is 10.5. The molecule has 2 aromatic carbocycles. The third-order valence-corrected chi connectivity index (χ3v) is 5.36. The summed E-state index contributed by atoms with van der Waals surface area (Å²) in [6, 6.07) is 13.4. The first-order chi connectivity index (χ1) is 14.6. The SMILES string of the molecule is CCOc1ccc(-c2nc(COC(=O)CCc3ccc(OC)cc3)cs2)cc1OC. The summed E-state index contributed by atoms with van der Waals surface area (Å²) in [5.74, 6) is 1.91. The molecular formula is C23H25NO5S. The Balaban J connectivity index is 1.53. The lowest BCUT2D eigenvalue weighted by Crippen LogP contribution is -2.06. The largest absolute Gasteiger partial charge is 0.497 e. The van der Waals surface area contributed by atoms with Crippen LogP contribution in [-0.2, 0) is 22.6 Å². The van der Waals surface area contributed by atoms with Gasteiger partial charge in [-0.3, -0.25) is 4.79 Å². The van der Waals surface area contributed by atoms with E-state index in [1.165, 1.54) is 11.3 Å². The highest BCUT2D eigenvalue weighted by molar-refractivity contribution is 7.13. The van der Waals surface area contributed by atoms with Crippen molar-refractivity contribution in [3.05, 3.63) is 59.1 Å². The van der Waals surface area contributed by atoms with E-state index in [-0.39, 0.29) is 12.6 Å². The highest BCUT2D eigenvalue weighted by atomic mass is 32.1. The fourth-order valence-corrected chi connectivity index (χ4v) is 3.65. The second-order valence-electron chi connectivity index (χ2n) is 6.45. The van der Waals surface area contributed by atoms with Crippen LogP contribution in [0, 0.1) is 0 Å². The van der Waals surface area contributed by atoms with Crippen LogP contribution < -0.4 is 14.2 Å². The molecule has 0 N–H and O–H groups in total. The van der Waals surface area contributed by atoms with E-state index >= 15 is 0 Å². The van der Waals surface area contributed by atoms with Crippen molar-refractivity contribution in [3.63, 3.8) is 0 Å². The molecule has 7 heteroatoms. The Hall–Kier alpha value is -3.06. The quantitative estimate of drug-likeness (QED) is 0.429. The van der Waals surface area contributed by atoms with Gasteiger partial charge >= 0.3 is 5.97 Å². The zero-order chi connectivity index (χ0) is 21.3. The van der Waals surface area contributed by atoms with Crippen molar-refractivity contribution in [1.82, 2.24) is 4.98 Å². The topological polar surface area (TPSA) is 66.9 Å². The van der Waals surface area contributed by atoms with Crippen LogP contribution in [0.2, 0.25) is 0 Å². The molecule has 0 spiro atoms. The van der Waals surface area contributed by atoms with Crippen molar-refractivity contribution in [3.8, 4) is 27.8 Å². The number of esters is 1. The van der Waals surface area contributed by atoms with Gasteiger partial charge in [0.05, 0.1) is 26.5 Å². The lowest BCUT2D eigenvalue weighted by Gasteiger charge is -2.09. The summed E-state index contributed by atoms with van der Waals surface area (Å²) < 4.78 is 21.5. The first kappa shape index (κ1) is 21.6. The van der Waals surface area contributed by atoms with Gasteiger partial charge in [0.1, 0.15) is 17.4 Å². The summed E-state index contributed by atoms with van der Waals surface area (Å²) >= 11 is 1.50. The van der Waals surface area contributed by atoms with Crippen LogP contribution in [0.25, 0.3) is 10.6 Å². The van der Waals surface area contributed by atoms with Crippen LogP contribution in [0.1, 0.15) is 24.6 Å². The molecule has 0 atom stereocenters. The van der Waals surface area contributed by atoms with Crippen molar-refractivity contribution in [2.75, 3.05) is 20.8 Å². The number of ether oxygens (including phenoxy) is 4. The number of carbonyl (C=O) groups is 1. The van der Waals surface area contributed by atoms with Gasteiger partial charge in [-0.05, 0) is 49.2 Å². The van der Waals surface area contributed by atoms with Crippen molar-refractivity contribution < 1.29 is 23.7 Å². The minimum absolute atomic E-state index is 0.159. The zero-order valence-electron chi connectivity index (χ0n) is 17.3. The Kier molecular flexibility index (Phi) is 7.68. The van der Waals surface area contributed by atoms with Gasteiger partial charge in [-0.25, -0.2) is 4.98 Å². The fraction of sp³-hybridized carbons (Fsp3) is 0.304. The summed E-state index contributed by atoms with van der Waals surface area (Å²) in [4.78, 5) is 16.6. The zero-order valence-corrected chi connectivity index (χ0v) is 18.2. The van der Waals surface area contributed by atoms with E-state index in [1.807, 2.05) is 54.8 Å². The fourth-order valence-electron chi connectivity index (χ4n) is 2.85. The lowest BCUT2D eigenvalue weighted by atomic mass is 10.1. The highest BCUT2D eigenvalue weighted by Crippen LogP contribution is 2.33. The molecule has 0 saturated carbocycles. The predicted molar refractivity (Wildman–Crippen MR) is 116 cm³/mol. The molecule has 0 radical (unpaired) electrons. The number of aryl methyl sites for hydroxylation is 1. The number of methoxy groups -OCH3 is 2. The van der Waals surface area contributed by atoms with Gasteiger partial charge in [-0.2, -0.15) is 0 Å². The molecule has 0 amide bonds. The van der Waals surface area contributed by atoms with E-state index in [2.05, 4.69) is 4.98 Å². The summed E-state index contributed by atoms with van der Waals surface area (Å²) in [6.07, 6.45) is 0.941. The van der Waals surface area contributed by atoms with Gasteiger partial charge in [-0.15, -0.1) is 11.3 Å². The molecule has 0 bridgehead atoms. The first-order valence-corrected chi connectivity index (χ1v) is 10.5. The molecule has 1 heterocycles. The van der Waals surface area contributed by atoms with E-state index in [0.29, 0.717) is 30.9 Å². The Morgan fingerprint density at radius 1 is 1.03 bits per heavy atom. The smallest absolute Gasteiger partial charge is 0.306 e. The number of hydrogen-bond donors (Lipinski definition) is 0. The number of carbonyl (C=O) groups excluding carboxylic acids is 1. The molecule has 0 saturated heterocycles. The molecule has 158 valence electrons. The maximum Gasteiger partial charge on any atom is 0.306 e. The summed E-state index contributed by atoms with van der Waals surface area (Å²) in [7, 11) is 3.24. The van der Waals surface area contributed by atoms with E-state index in [4.69, 9.17) is 18.9 Å². The third kappa shape index (κ3) is 5.73. The van der Waals surface area contributed by atoms with Gasteiger partial charge in [0.15, 0.2) is 11.5 Å². The van der Waals surface area contributed by atoms with E-state index < -0.39 is 0 Å². The number of nitrogens with zero attached hydrogens (tertiary/aromatic N) is 1. The number of hydrogen-bond acceptors (Lipinski definition) is 7. The monoisotopic (exact) mass is 427 g/mol. The van der Waals surface area contributed by atoms with Gasteiger partial charge in [-0.1, -0.05) is 12.1 Å². The number of rotatable bonds is 10. The van der Waals surface area contributed by atoms with Crippen LogP contribution in [0.5, 0.6) is 17.2 Å². The molecule has 0 fully saturated rings. The second kappa shape index (κ2) is 10.6. The molecule has 1 aromatic heterocycles. The van der Waals surface area contributed by atoms with E-state index in [0.717, 1.165) is 27.6 Å². The standard InChI is InChI=1S/C23H25NO5S/c1-4-28-20-11-8-17(13-21(20)27-3)23-24-18(15-30-23)14-29-22(25)12-7-16-5-9-19(26-2)10-6-16/h5-6,8-11,13,15H,4,7,12,14H2,1-3H3. The number of aromatic nitrogens is 1. The Morgan fingerprint density at radius 2 is 1.83 bits per heavy atom. The summed E-state index contributed by atoms with van der Waals surface area (Å²) in [6.45, 7) is 2.66. The second-order valence-corrected chi connectivity index (χ2v) is 7.31. The molecule has 30 heavy (non-hydrogen) atoms. The van der Waals surface area contributed by atoms with Crippen molar-refractivity contribution in [2.24, 2.45) is 0 Å². The van der Waals surface area contributed by atoms with Crippen LogP contribution in [0.4, 0.5) is 0 Å². The molecule has 0 unspecified atom stereocenters. The number of benzene rings is 2. The van der Waals surface area contributed by atoms with Crippen LogP contribution in [-0.4, -0.2) is 31.8 Å². The molecular weight excluding hydrogens is 402 g/mol. The maximum absolute atomic E-state index is 12.1. The molecule has 0 aliphatic heterocycles. The molecule has 3 rings (SSSR count). The van der Waals surface area contributed by atoms with Gasteiger partial charge in [0, 0.05) is 17.4 Å². The summed E-state index contributed by atoms with van der Waals surface area (Å²) in [5.41, 5.74) is 2.71. The molecule has 6 nitrogen and oxygen atoms in total. The van der Waals surface area contributed by atoms with Crippen molar-refractivity contribution >= 4 is 17.3 Å². The minimum atomic E-state index is -0.247. The van der Waals surface area contributed by atoms with Crippen LogP contribution in [0.15, 0.2) is 47.8 Å². The van der Waals surface area contributed by atoms with E-state index in [1.54, 1.807) is 14.2 Å². The van der Waals surface area contributed by atoms with Crippen LogP contribution >= 0.6 is 11.3 Å². The summed E-state index contributed by atoms with van der Waals surface area (Å²) in [5, 5.41) is 2.73. The highest BCUT2D eigenvalue weighted by Gasteiger charge is 2.11. The maximum atomic E-state index is 12.1. The number of thiazole rings is 1. The minimum Gasteiger partial charge on any atom is -0.497 e. The van der Waals surface area contributed by atoms with Crippen molar-refractivity contribution in [1.29, 1.82) is 0 Å².